The van der Waals surface area contributed by atoms with Crippen molar-refractivity contribution in [2.75, 3.05) is 26.2 Å². The van der Waals surface area contributed by atoms with Gasteiger partial charge in [0.15, 0.2) is 0 Å². The quantitative estimate of drug-likeness (QED) is 0.147. The van der Waals surface area contributed by atoms with Gasteiger partial charge < -0.3 is 39.4 Å². The lowest BCUT2D eigenvalue weighted by molar-refractivity contribution is 0.224. The average molecular weight is 300 g/mol. The van der Waals surface area contributed by atoms with Crippen LogP contribution in [0.4, 0.5) is 0 Å². The molecule has 0 amide bonds. The summed E-state index contributed by atoms with van der Waals surface area (Å²) in [5.74, 6) is 0. The maximum atomic E-state index is 8.74. The Balaban J connectivity index is 3.13. The third-order valence-corrected chi connectivity index (χ3v) is 4.26. The van der Waals surface area contributed by atoms with Gasteiger partial charge in [0.2, 0.25) is 0 Å². The molecule has 110 valence electrons. The van der Waals surface area contributed by atoms with Crippen LogP contribution < -0.4 is 10.6 Å². The van der Waals surface area contributed by atoms with Crippen molar-refractivity contribution in [1.82, 2.24) is 10.6 Å². The third-order valence-electron chi connectivity index (χ3n) is 2.21. The van der Waals surface area contributed by atoms with Crippen LogP contribution in [-0.2, 0) is 0 Å². The summed E-state index contributed by atoms with van der Waals surface area (Å²) in [6, 6.07) is 0.0628. The van der Waals surface area contributed by atoms with E-state index in [9.17, 15) is 0 Å². The molecule has 8 nitrogen and oxygen atoms in total. The van der Waals surface area contributed by atoms with Gasteiger partial charge >= 0.3 is 17.6 Å². The van der Waals surface area contributed by atoms with E-state index in [0.717, 1.165) is 0 Å². The molecule has 0 aromatic rings. The van der Waals surface area contributed by atoms with Gasteiger partial charge in [-0.25, -0.2) is 0 Å². The SMILES string of the molecule is O[Si](O)(O)CCCNCCNCCC[Si](O)(O)O. The normalized spacial score (nSPS) is 13.0. The molecule has 0 spiro atoms. The van der Waals surface area contributed by atoms with Gasteiger partial charge in [-0.05, 0) is 25.9 Å². The van der Waals surface area contributed by atoms with Crippen LogP contribution in [0.2, 0.25) is 12.1 Å². The molecule has 18 heavy (non-hydrogen) atoms. The first-order valence-electron chi connectivity index (χ1n) is 5.96. The molecular formula is C8H24N2O6Si2. The second-order valence-electron chi connectivity index (χ2n) is 4.26. The van der Waals surface area contributed by atoms with Gasteiger partial charge in [-0.2, -0.15) is 0 Å². The van der Waals surface area contributed by atoms with E-state index in [0.29, 0.717) is 39.0 Å². The van der Waals surface area contributed by atoms with Gasteiger partial charge in [0, 0.05) is 25.2 Å². The van der Waals surface area contributed by atoms with Crippen LogP contribution in [0.3, 0.4) is 0 Å². The molecule has 10 heteroatoms. The minimum absolute atomic E-state index is 0.0314. The monoisotopic (exact) mass is 300 g/mol. The summed E-state index contributed by atoms with van der Waals surface area (Å²) in [6.45, 7) is 2.57. The lowest BCUT2D eigenvalue weighted by Gasteiger charge is -2.11. The van der Waals surface area contributed by atoms with Gasteiger partial charge in [0.25, 0.3) is 0 Å². The van der Waals surface area contributed by atoms with Crippen molar-refractivity contribution < 1.29 is 28.8 Å². The van der Waals surface area contributed by atoms with Crippen LogP contribution >= 0.6 is 0 Å². The minimum Gasteiger partial charge on any atom is -0.390 e. The van der Waals surface area contributed by atoms with Crippen molar-refractivity contribution in [1.29, 1.82) is 0 Å². The zero-order valence-corrected chi connectivity index (χ0v) is 12.3. The van der Waals surface area contributed by atoms with E-state index in [1.54, 1.807) is 0 Å². The Morgan fingerprint density at radius 2 is 0.889 bits per heavy atom. The molecule has 0 aliphatic heterocycles. The summed E-state index contributed by atoms with van der Waals surface area (Å²) >= 11 is 0. The van der Waals surface area contributed by atoms with E-state index in [1.807, 2.05) is 0 Å². The highest BCUT2D eigenvalue weighted by atomic mass is 28.4. The van der Waals surface area contributed by atoms with Crippen LogP contribution in [-0.4, -0.2) is 72.6 Å². The number of hydrogen-bond acceptors (Lipinski definition) is 8. The Hall–Kier alpha value is 0.114. The van der Waals surface area contributed by atoms with Crippen molar-refractivity contribution in [3.63, 3.8) is 0 Å². The highest BCUT2D eigenvalue weighted by Gasteiger charge is 2.25. The molecule has 0 aromatic heterocycles. The van der Waals surface area contributed by atoms with Crippen molar-refractivity contribution >= 4 is 17.6 Å². The predicted molar refractivity (Wildman–Crippen MR) is 69.4 cm³/mol. The first-order valence-corrected chi connectivity index (χ1v) is 10.1. The Kier molecular flexibility index (Phi) is 9.14. The summed E-state index contributed by atoms with van der Waals surface area (Å²) in [7, 11) is -7.77. The van der Waals surface area contributed by atoms with E-state index in [-0.39, 0.29) is 12.1 Å². The van der Waals surface area contributed by atoms with Crippen molar-refractivity contribution in [3.05, 3.63) is 0 Å². The molecule has 0 fully saturated rings. The summed E-state index contributed by atoms with van der Waals surface area (Å²) in [4.78, 5) is 52.4. The maximum Gasteiger partial charge on any atom is 0.492 e. The van der Waals surface area contributed by atoms with E-state index in [4.69, 9.17) is 28.8 Å². The van der Waals surface area contributed by atoms with Gasteiger partial charge in [0.05, 0.1) is 0 Å². The van der Waals surface area contributed by atoms with Crippen LogP contribution in [0, 0.1) is 0 Å². The largest absolute Gasteiger partial charge is 0.492 e. The van der Waals surface area contributed by atoms with Crippen molar-refractivity contribution in [3.8, 4) is 0 Å². The second kappa shape index (κ2) is 9.09. The molecule has 0 aromatic carbocycles. The summed E-state index contributed by atoms with van der Waals surface area (Å²) in [5.41, 5.74) is 0. The third kappa shape index (κ3) is 16.1. The van der Waals surface area contributed by atoms with Crippen molar-refractivity contribution in [2.45, 2.75) is 24.9 Å². The smallest absolute Gasteiger partial charge is 0.390 e. The van der Waals surface area contributed by atoms with Crippen LogP contribution in [0.5, 0.6) is 0 Å². The summed E-state index contributed by atoms with van der Waals surface area (Å²) in [5, 5.41) is 6.10. The minimum atomic E-state index is -3.88. The Morgan fingerprint density at radius 3 is 1.17 bits per heavy atom. The maximum absolute atomic E-state index is 8.74. The molecule has 0 atom stereocenters. The van der Waals surface area contributed by atoms with Crippen molar-refractivity contribution in [2.24, 2.45) is 0 Å². The fraction of sp³-hybridized carbons (Fsp3) is 1.00. The molecule has 0 radical (unpaired) electrons. The highest BCUT2D eigenvalue weighted by molar-refractivity contribution is 6.56. The Labute approximate surface area is 109 Å². The molecule has 0 unspecified atom stereocenters. The van der Waals surface area contributed by atoms with E-state index in [2.05, 4.69) is 10.6 Å². The predicted octanol–water partition coefficient (Wildman–Crippen LogP) is -3.22. The number of rotatable bonds is 11. The molecular weight excluding hydrogens is 276 g/mol. The topological polar surface area (TPSA) is 145 Å². The zero-order valence-electron chi connectivity index (χ0n) is 10.3. The van der Waals surface area contributed by atoms with Gasteiger partial charge in [0.1, 0.15) is 0 Å². The average Bonchev–Trinajstić information content (AvgIpc) is 2.17. The molecule has 0 rings (SSSR count). The fourth-order valence-corrected chi connectivity index (χ4v) is 2.63. The van der Waals surface area contributed by atoms with E-state index >= 15 is 0 Å². The molecule has 0 bridgehead atoms. The van der Waals surface area contributed by atoms with Gasteiger partial charge in [-0.15, -0.1) is 0 Å². The summed E-state index contributed by atoms with van der Waals surface area (Å²) < 4.78 is 0. The fourth-order valence-electron chi connectivity index (χ4n) is 1.33. The van der Waals surface area contributed by atoms with Crippen LogP contribution in [0.15, 0.2) is 0 Å². The first kappa shape index (κ1) is 18.1. The highest BCUT2D eigenvalue weighted by Crippen LogP contribution is 2.00. The van der Waals surface area contributed by atoms with Crippen LogP contribution in [0.1, 0.15) is 12.8 Å². The Morgan fingerprint density at radius 1 is 0.556 bits per heavy atom. The lowest BCUT2D eigenvalue weighted by Crippen LogP contribution is -2.36. The number of nitrogens with one attached hydrogen (secondary N) is 2. The standard InChI is InChI=1S/C8H24N2O6Si2/c11-17(12,13)7-1-3-9-5-6-10-4-2-8-18(14,15)16/h9-16H,1-8H2. The number of hydrogen-bond donors (Lipinski definition) is 8. The second-order valence-corrected chi connectivity index (χ2v) is 8.35. The first-order chi connectivity index (χ1) is 8.21. The van der Waals surface area contributed by atoms with E-state index < -0.39 is 17.6 Å². The molecule has 0 aliphatic carbocycles. The van der Waals surface area contributed by atoms with Gasteiger partial charge in [-0.3, -0.25) is 0 Å². The summed E-state index contributed by atoms with van der Waals surface area (Å²) in [6.07, 6.45) is 1.01. The van der Waals surface area contributed by atoms with Gasteiger partial charge in [-0.1, -0.05) is 0 Å². The Bertz CT molecular complexity index is 187. The van der Waals surface area contributed by atoms with Crippen LogP contribution in [0.25, 0.3) is 0 Å². The molecule has 8 N–H and O–H groups in total. The molecule has 0 heterocycles. The zero-order chi connectivity index (χ0) is 14.1. The molecule has 0 saturated carbocycles. The molecule has 0 aliphatic rings. The lowest BCUT2D eigenvalue weighted by atomic mass is 10.4. The van der Waals surface area contributed by atoms with E-state index in [1.165, 1.54) is 0 Å². The molecule has 0 saturated heterocycles.